The number of carbonyl (C=O) groups excluding carboxylic acids is 3. The van der Waals surface area contributed by atoms with Gasteiger partial charge in [0.05, 0.1) is 22.9 Å². The number of ether oxygens (including phenoxy) is 2. The van der Waals surface area contributed by atoms with E-state index in [0.29, 0.717) is 17.9 Å². The second kappa shape index (κ2) is 10.0. The lowest BCUT2D eigenvalue weighted by Crippen LogP contribution is -2.54. The predicted octanol–water partition coefficient (Wildman–Crippen LogP) is 3.67. The lowest BCUT2D eigenvalue weighted by Gasteiger charge is -2.26. The number of aromatic carboxylic acids is 1. The Morgan fingerprint density at radius 1 is 1.18 bits per heavy atom. The van der Waals surface area contributed by atoms with Gasteiger partial charge in [-0.15, -0.1) is 0 Å². The van der Waals surface area contributed by atoms with Crippen LogP contribution in [0.1, 0.15) is 22.8 Å². The molecule has 10 heteroatoms. The van der Waals surface area contributed by atoms with Gasteiger partial charge in [0, 0.05) is 0 Å². The van der Waals surface area contributed by atoms with Crippen molar-refractivity contribution < 1.29 is 33.8 Å². The maximum Gasteiger partial charge on any atom is 0.335 e. The molecule has 0 aromatic heterocycles. The van der Waals surface area contributed by atoms with Crippen LogP contribution in [0, 0.1) is 0 Å². The lowest BCUT2D eigenvalue weighted by atomic mass is 10.1. The summed E-state index contributed by atoms with van der Waals surface area (Å²) in [5, 5.41) is 11.3. The molecular formula is C23H19ClN2O7. The van der Waals surface area contributed by atoms with Crippen LogP contribution in [0.3, 0.4) is 0 Å². The van der Waals surface area contributed by atoms with Crippen molar-refractivity contribution in [1.29, 1.82) is 0 Å². The van der Waals surface area contributed by atoms with E-state index >= 15 is 0 Å². The molecule has 4 amide bonds. The van der Waals surface area contributed by atoms with Crippen molar-refractivity contribution in [2.45, 2.75) is 6.92 Å². The normalized spacial score (nSPS) is 14.8. The van der Waals surface area contributed by atoms with E-state index < -0.39 is 23.8 Å². The van der Waals surface area contributed by atoms with Crippen LogP contribution < -0.4 is 19.7 Å². The Bertz CT molecular complexity index is 1170. The molecule has 0 bridgehead atoms. The van der Waals surface area contributed by atoms with Crippen molar-refractivity contribution in [3.8, 4) is 11.5 Å². The number of amides is 4. The van der Waals surface area contributed by atoms with Crippen LogP contribution in [0.5, 0.6) is 11.5 Å². The highest BCUT2D eigenvalue weighted by Crippen LogP contribution is 2.37. The summed E-state index contributed by atoms with van der Waals surface area (Å²) in [4.78, 5) is 49.6. The van der Waals surface area contributed by atoms with Crippen molar-refractivity contribution in [3.63, 3.8) is 0 Å². The molecule has 170 valence electrons. The molecule has 1 aliphatic rings. The van der Waals surface area contributed by atoms with Crippen LogP contribution in [0.4, 0.5) is 10.5 Å². The zero-order valence-electron chi connectivity index (χ0n) is 17.5. The summed E-state index contributed by atoms with van der Waals surface area (Å²) >= 11 is 6.32. The third kappa shape index (κ3) is 5.04. The van der Waals surface area contributed by atoms with Gasteiger partial charge in [-0.2, -0.15) is 0 Å². The Morgan fingerprint density at radius 3 is 2.48 bits per heavy atom. The van der Waals surface area contributed by atoms with E-state index in [1.54, 1.807) is 19.1 Å². The highest BCUT2D eigenvalue weighted by Gasteiger charge is 2.37. The first-order valence-corrected chi connectivity index (χ1v) is 10.1. The molecule has 1 fully saturated rings. The molecule has 1 aliphatic heterocycles. The first kappa shape index (κ1) is 23.6. The quantitative estimate of drug-likeness (QED) is 0.343. The van der Waals surface area contributed by atoms with E-state index in [1.165, 1.54) is 36.4 Å². The van der Waals surface area contributed by atoms with E-state index in [4.69, 9.17) is 26.2 Å². The van der Waals surface area contributed by atoms with E-state index in [-0.39, 0.29) is 34.2 Å². The molecule has 3 rings (SSSR count). The van der Waals surface area contributed by atoms with Gasteiger partial charge in [-0.25, -0.2) is 14.5 Å². The average Bonchev–Trinajstić information content (AvgIpc) is 2.76. The van der Waals surface area contributed by atoms with Crippen LogP contribution in [0.15, 0.2) is 54.6 Å². The zero-order chi connectivity index (χ0) is 24.1. The van der Waals surface area contributed by atoms with Crippen molar-refractivity contribution in [3.05, 3.63) is 70.8 Å². The summed E-state index contributed by atoms with van der Waals surface area (Å²) in [6.07, 6.45) is 2.82. The fourth-order valence-electron chi connectivity index (χ4n) is 3.03. The van der Waals surface area contributed by atoms with Gasteiger partial charge in [-0.05, 0) is 55.0 Å². The van der Waals surface area contributed by atoms with Crippen molar-refractivity contribution in [1.82, 2.24) is 5.32 Å². The van der Waals surface area contributed by atoms with Crippen molar-refractivity contribution in [2.75, 3.05) is 18.1 Å². The molecule has 2 aromatic carbocycles. The number of carbonyl (C=O) groups is 4. The number of barbiturate groups is 1. The van der Waals surface area contributed by atoms with Gasteiger partial charge < -0.3 is 14.6 Å². The summed E-state index contributed by atoms with van der Waals surface area (Å²) in [6.45, 7) is 5.86. The highest BCUT2D eigenvalue weighted by molar-refractivity contribution is 6.39. The van der Waals surface area contributed by atoms with Crippen molar-refractivity contribution >= 4 is 47.2 Å². The lowest BCUT2D eigenvalue weighted by molar-refractivity contribution is -0.122. The minimum Gasteiger partial charge on any atom is -0.490 e. The van der Waals surface area contributed by atoms with E-state index in [2.05, 4.69) is 11.9 Å². The summed E-state index contributed by atoms with van der Waals surface area (Å²) in [5.41, 5.74) is 0.119. The van der Waals surface area contributed by atoms with Crippen molar-refractivity contribution in [2.24, 2.45) is 0 Å². The number of hydrogen-bond donors (Lipinski definition) is 2. The number of urea groups is 1. The molecule has 1 heterocycles. The number of nitrogens with zero attached hydrogens (tertiary/aromatic N) is 1. The van der Waals surface area contributed by atoms with Crippen LogP contribution in [0.25, 0.3) is 6.08 Å². The van der Waals surface area contributed by atoms with Crippen LogP contribution in [0.2, 0.25) is 5.02 Å². The second-order valence-electron chi connectivity index (χ2n) is 6.67. The van der Waals surface area contributed by atoms with Gasteiger partial charge in [0.2, 0.25) is 0 Å². The summed E-state index contributed by atoms with van der Waals surface area (Å²) in [5.74, 6) is -2.33. The third-order valence-electron chi connectivity index (χ3n) is 4.46. The molecule has 9 nitrogen and oxygen atoms in total. The minimum atomic E-state index is -1.16. The van der Waals surface area contributed by atoms with Gasteiger partial charge in [-0.3, -0.25) is 14.9 Å². The molecule has 0 atom stereocenters. The molecule has 0 aliphatic carbocycles. The van der Waals surface area contributed by atoms with Crippen LogP contribution in [-0.4, -0.2) is 42.1 Å². The maximum absolute atomic E-state index is 13.0. The molecule has 1 saturated heterocycles. The summed E-state index contributed by atoms with van der Waals surface area (Å²) in [6, 6.07) is 7.16. The Morgan fingerprint density at radius 2 is 1.88 bits per heavy atom. The molecule has 0 unspecified atom stereocenters. The maximum atomic E-state index is 13.0. The number of benzene rings is 2. The molecular weight excluding hydrogens is 452 g/mol. The molecule has 0 radical (unpaired) electrons. The van der Waals surface area contributed by atoms with Crippen LogP contribution in [-0.2, 0) is 9.59 Å². The van der Waals surface area contributed by atoms with Gasteiger partial charge in [0.25, 0.3) is 11.8 Å². The highest BCUT2D eigenvalue weighted by atomic mass is 35.5. The smallest absolute Gasteiger partial charge is 0.335 e. The Hall–Kier alpha value is -4.11. The van der Waals surface area contributed by atoms with E-state index in [1.807, 2.05) is 0 Å². The first-order valence-electron chi connectivity index (χ1n) is 9.71. The average molecular weight is 471 g/mol. The SMILES string of the molecule is C=CCOc1c(Cl)cc(/C=C2\C(=O)NC(=O)N(c3ccc(C(=O)O)cc3)C2=O)cc1OCC. The number of anilines is 1. The molecule has 2 aromatic rings. The van der Waals surface area contributed by atoms with Gasteiger partial charge >= 0.3 is 12.0 Å². The number of halogens is 1. The van der Waals surface area contributed by atoms with E-state index in [0.717, 1.165) is 4.90 Å². The van der Waals surface area contributed by atoms with Gasteiger partial charge in [0.1, 0.15) is 12.2 Å². The van der Waals surface area contributed by atoms with E-state index in [9.17, 15) is 19.2 Å². The third-order valence-corrected chi connectivity index (χ3v) is 4.74. The Labute approximate surface area is 193 Å². The number of nitrogens with one attached hydrogen (secondary N) is 1. The first-order chi connectivity index (χ1) is 15.8. The molecule has 2 N–H and O–H groups in total. The summed E-state index contributed by atoms with van der Waals surface area (Å²) in [7, 11) is 0. The Balaban J connectivity index is 2.00. The molecule has 33 heavy (non-hydrogen) atoms. The Kier molecular flexibility index (Phi) is 7.14. The van der Waals surface area contributed by atoms with Crippen LogP contribution >= 0.6 is 11.6 Å². The number of carboxylic acid groups (broad SMARTS) is 1. The largest absolute Gasteiger partial charge is 0.490 e. The number of hydrogen-bond acceptors (Lipinski definition) is 6. The summed E-state index contributed by atoms with van der Waals surface area (Å²) < 4.78 is 11.1. The fraction of sp³-hybridized carbons (Fsp3) is 0.130. The van der Waals surface area contributed by atoms with Gasteiger partial charge in [0.15, 0.2) is 11.5 Å². The standard InChI is InChI=1S/C23H19ClN2O7/c1-3-9-33-19-17(24)11-13(12-18(19)32-4-2)10-16-20(27)25-23(31)26(21(16)28)15-7-5-14(6-8-15)22(29)30/h3,5-8,10-12H,1,4,9H2,2H3,(H,29,30)(H,25,27,31)/b16-10+. The predicted molar refractivity (Wildman–Crippen MR) is 121 cm³/mol. The molecule has 0 saturated carbocycles. The second-order valence-corrected chi connectivity index (χ2v) is 7.08. The zero-order valence-corrected chi connectivity index (χ0v) is 18.2. The monoisotopic (exact) mass is 470 g/mol. The number of carboxylic acids is 1. The van der Waals surface area contributed by atoms with Gasteiger partial charge in [-0.1, -0.05) is 24.3 Å². The topological polar surface area (TPSA) is 122 Å². The molecule has 0 spiro atoms. The minimum absolute atomic E-state index is 0.0210. The number of imide groups is 2. The number of rotatable bonds is 8. The fourth-order valence-corrected chi connectivity index (χ4v) is 3.30.